The summed E-state index contributed by atoms with van der Waals surface area (Å²) in [5.74, 6) is 0.797. The van der Waals surface area contributed by atoms with Gasteiger partial charge in [-0.25, -0.2) is 0 Å². The summed E-state index contributed by atoms with van der Waals surface area (Å²) in [5, 5.41) is 10.4. The van der Waals surface area contributed by atoms with E-state index in [1.807, 2.05) is 30.3 Å². The first-order valence-corrected chi connectivity index (χ1v) is 8.74. The molecule has 0 aliphatic rings. The molecule has 3 heteroatoms. The van der Waals surface area contributed by atoms with Crippen molar-refractivity contribution in [1.82, 2.24) is 4.90 Å². The van der Waals surface area contributed by atoms with Crippen molar-refractivity contribution in [1.29, 1.82) is 0 Å². The molecule has 0 saturated carbocycles. The van der Waals surface area contributed by atoms with Gasteiger partial charge in [-0.15, -0.1) is 0 Å². The fourth-order valence-corrected chi connectivity index (χ4v) is 2.74. The SMILES string of the molecule is CC[C@H](C)N(Cc1cccc(C)c1)C[C@@H](O)COc1ccccc1. The molecule has 130 valence electrons. The first-order chi connectivity index (χ1) is 11.6. The molecule has 24 heavy (non-hydrogen) atoms. The molecule has 2 aromatic rings. The summed E-state index contributed by atoms with van der Waals surface area (Å²) in [5.41, 5.74) is 2.55. The van der Waals surface area contributed by atoms with Gasteiger partial charge < -0.3 is 9.84 Å². The first-order valence-electron chi connectivity index (χ1n) is 8.74. The van der Waals surface area contributed by atoms with Gasteiger partial charge in [-0.3, -0.25) is 4.90 Å². The van der Waals surface area contributed by atoms with Crippen LogP contribution in [-0.4, -0.2) is 35.3 Å². The summed E-state index contributed by atoms with van der Waals surface area (Å²) in [7, 11) is 0. The monoisotopic (exact) mass is 327 g/mol. The van der Waals surface area contributed by atoms with Gasteiger partial charge in [0.15, 0.2) is 0 Å². The van der Waals surface area contributed by atoms with E-state index in [1.165, 1.54) is 11.1 Å². The molecule has 1 N–H and O–H groups in total. The quantitative estimate of drug-likeness (QED) is 0.754. The number of benzene rings is 2. The third-order valence-corrected chi connectivity index (χ3v) is 4.31. The minimum atomic E-state index is -0.510. The van der Waals surface area contributed by atoms with Crippen LogP contribution in [0.1, 0.15) is 31.4 Å². The maximum absolute atomic E-state index is 10.4. The summed E-state index contributed by atoms with van der Waals surface area (Å²) in [6, 6.07) is 18.6. The zero-order chi connectivity index (χ0) is 17.4. The highest BCUT2D eigenvalue weighted by Crippen LogP contribution is 2.14. The van der Waals surface area contributed by atoms with Crippen LogP contribution in [0.15, 0.2) is 54.6 Å². The average molecular weight is 327 g/mol. The van der Waals surface area contributed by atoms with Gasteiger partial charge in [0, 0.05) is 19.1 Å². The van der Waals surface area contributed by atoms with E-state index in [-0.39, 0.29) is 0 Å². The Kier molecular flexibility index (Phi) is 7.29. The normalized spacial score (nSPS) is 13.7. The number of aliphatic hydroxyl groups excluding tert-OH is 1. The first kappa shape index (κ1) is 18.5. The molecule has 0 heterocycles. The van der Waals surface area contributed by atoms with Crippen LogP contribution >= 0.6 is 0 Å². The molecule has 3 nitrogen and oxygen atoms in total. The molecule has 0 unspecified atom stereocenters. The highest BCUT2D eigenvalue weighted by atomic mass is 16.5. The van der Waals surface area contributed by atoms with Gasteiger partial charge in [0.05, 0.1) is 0 Å². The van der Waals surface area contributed by atoms with Crippen LogP contribution < -0.4 is 4.74 Å². The van der Waals surface area contributed by atoms with E-state index in [0.717, 1.165) is 18.7 Å². The molecule has 0 saturated heterocycles. The third-order valence-electron chi connectivity index (χ3n) is 4.31. The second-order valence-corrected chi connectivity index (χ2v) is 6.45. The van der Waals surface area contributed by atoms with Gasteiger partial charge in [-0.2, -0.15) is 0 Å². The Hall–Kier alpha value is -1.84. The summed E-state index contributed by atoms with van der Waals surface area (Å²) in [4.78, 5) is 2.33. The van der Waals surface area contributed by atoms with E-state index in [4.69, 9.17) is 4.74 Å². The van der Waals surface area contributed by atoms with Gasteiger partial charge in [0.2, 0.25) is 0 Å². The molecule has 0 spiro atoms. The zero-order valence-electron chi connectivity index (χ0n) is 15.0. The minimum absolute atomic E-state index is 0.310. The molecule has 0 bridgehead atoms. The molecule has 2 rings (SSSR count). The molecule has 2 atom stereocenters. The number of aliphatic hydroxyl groups is 1. The van der Waals surface area contributed by atoms with Crippen LogP contribution in [0.4, 0.5) is 0 Å². The predicted octanol–water partition coefficient (Wildman–Crippen LogP) is 4.04. The van der Waals surface area contributed by atoms with Gasteiger partial charge >= 0.3 is 0 Å². The van der Waals surface area contributed by atoms with Crippen LogP contribution in [0.25, 0.3) is 0 Å². The lowest BCUT2D eigenvalue weighted by Crippen LogP contribution is -2.40. The number of para-hydroxylation sites is 1. The van der Waals surface area contributed by atoms with Gasteiger partial charge in [-0.1, -0.05) is 55.0 Å². The molecule has 2 aromatic carbocycles. The lowest BCUT2D eigenvalue weighted by molar-refractivity contribution is 0.0506. The fourth-order valence-electron chi connectivity index (χ4n) is 2.74. The van der Waals surface area contributed by atoms with E-state index < -0.39 is 6.10 Å². The third kappa shape index (κ3) is 5.99. The van der Waals surface area contributed by atoms with Crippen molar-refractivity contribution in [3.63, 3.8) is 0 Å². The van der Waals surface area contributed by atoms with Crippen LogP contribution in [0.5, 0.6) is 5.75 Å². The smallest absolute Gasteiger partial charge is 0.119 e. The number of hydrogen-bond acceptors (Lipinski definition) is 3. The van der Waals surface area contributed by atoms with Crippen LogP contribution in [0.2, 0.25) is 0 Å². The second kappa shape index (κ2) is 9.45. The minimum Gasteiger partial charge on any atom is -0.491 e. The molecule has 0 radical (unpaired) electrons. The Balaban J connectivity index is 1.92. The molecule has 0 amide bonds. The topological polar surface area (TPSA) is 32.7 Å². The van der Waals surface area contributed by atoms with Crippen molar-refractivity contribution in [3.05, 3.63) is 65.7 Å². The van der Waals surface area contributed by atoms with E-state index >= 15 is 0 Å². The highest BCUT2D eigenvalue weighted by Gasteiger charge is 2.17. The van der Waals surface area contributed by atoms with Crippen LogP contribution in [0, 0.1) is 6.92 Å². The van der Waals surface area contributed by atoms with Crippen molar-refractivity contribution in [2.24, 2.45) is 0 Å². The summed E-state index contributed by atoms with van der Waals surface area (Å²) in [6.07, 6.45) is 0.543. The number of hydrogen-bond donors (Lipinski definition) is 1. The Morgan fingerprint density at radius 1 is 1.08 bits per heavy atom. The van der Waals surface area contributed by atoms with E-state index in [2.05, 4.69) is 49.9 Å². The van der Waals surface area contributed by atoms with E-state index in [1.54, 1.807) is 0 Å². The fraction of sp³-hybridized carbons (Fsp3) is 0.429. The lowest BCUT2D eigenvalue weighted by atomic mass is 10.1. The number of rotatable bonds is 9. The van der Waals surface area contributed by atoms with Crippen LogP contribution in [0.3, 0.4) is 0 Å². The Morgan fingerprint density at radius 2 is 1.83 bits per heavy atom. The summed E-state index contributed by atoms with van der Waals surface area (Å²) in [6.45, 7) is 8.26. The molecule has 0 aliphatic carbocycles. The van der Waals surface area contributed by atoms with Crippen LogP contribution in [-0.2, 0) is 6.54 Å². The highest BCUT2D eigenvalue weighted by molar-refractivity contribution is 5.22. The molecule has 0 aliphatic heterocycles. The van der Waals surface area contributed by atoms with E-state index in [0.29, 0.717) is 19.2 Å². The summed E-state index contributed by atoms with van der Waals surface area (Å²) >= 11 is 0. The number of aryl methyl sites for hydroxylation is 1. The molecule has 0 aromatic heterocycles. The largest absolute Gasteiger partial charge is 0.491 e. The standard InChI is InChI=1S/C21H29NO2/c1-4-18(3)22(14-19-10-8-9-17(2)13-19)15-20(23)16-24-21-11-6-5-7-12-21/h5-13,18,20,23H,4,14-16H2,1-3H3/t18-,20+/m0/s1. The molecule has 0 fully saturated rings. The zero-order valence-corrected chi connectivity index (χ0v) is 15.0. The molecular weight excluding hydrogens is 298 g/mol. The summed E-state index contributed by atoms with van der Waals surface area (Å²) < 4.78 is 5.67. The Morgan fingerprint density at radius 3 is 2.50 bits per heavy atom. The lowest BCUT2D eigenvalue weighted by Gasteiger charge is -2.30. The maximum atomic E-state index is 10.4. The van der Waals surface area contributed by atoms with E-state index in [9.17, 15) is 5.11 Å². The Bertz CT molecular complexity index is 600. The number of ether oxygens (including phenoxy) is 1. The van der Waals surface area contributed by atoms with Crippen molar-refractivity contribution < 1.29 is 9.84 Å². The second-order valence-electron chi connectivity index (χ2n) is 6.45. The van der Waals surface area contributed by atoms with Gasteiger partial charge in [-0.05, 0) is 38.0 Å². The Labute approximate surface area is 145 Å². The van der Waals surface area contributed by atoms with Crippen molar-refractivity contribution in [2.45, 2.75) is 45.9 Å². The van der Waals surface area contributed by atoms with Gasteiger partial charge in [0.1, 0.15) is 18.5 Å². The van der Waals surface area contributed by atoms with Crippen molar-refractivity contribution >= 4 is 0 Å². The number of nitrogens with zero attached hydrogens (tertiary/aromatic N) is 1. The predicted molar refractivity (Wildman–Crippen MR) is 99.3 cm³/mol. The maximum Gasteiger partial charge on any atom is 0.119 e. The van der Waals surface area contributed by atoms with Crippen molar-refractivity contribution in [3.8, 4) is 5.75 Å². The van der Waals surface area contributed by atoms with Gasteiger partial charge in [0.25, 0.3) is 0 Å². The average Bonchev–Trinajstić information content (AvgIpc) is 2.59. The van der Waals surface area contributed by atoms with Crippen molar-refractivity contribution in [2.75, 3.05) is 13.2 Å². The molecular formula is C21H29NO2.